The van der Waals surface area contributed by atoms with Gasteiger partial charge in [-0.15, -0.1) is 0 Å². The number of anilines is 1. The van der Waals surface area contributed by atoms with Crippen molar-refractivity contribution in [3.63, 3.8) is 0 Å². The summed E-state index contributed by atoms with van der Waals surface area (Å²) < 4.78 is 0. The van der Waals surface area contributed by atoms with Gasteiger partial charge in [-0.3, -0.25) is 4.90 Å². The molecule has 2 aromatic rings. The molecule has 0 aliphatic carbocycles. The van der Waals surface area contributed by atoms with E-state index >= 15 is 0 Å². The van der Waals surface area contributed by atoms with Crippen LogP contribution in [0.4, 0.5) is 5.69 Å². The number of fused-ring (bicyclic) bond motifs is 1. The summed E-state index contributed by atoms with van der Waals surface area (Å²) in [7, 11) is 0. The van der Waals surface area contributed by atoms with Crippen LogP contribution in [0.3, 0.4) is 0 Å². The molecule has 0 unspecified atom stereocenters. The second-order valence-electron chi connectivity index (χ2n) is 5.37. The molecular weight excluding hydrogens is 252 g/mol. The summed E-state index contributed by atoms with van der Waals surface area (Å²) in [6.45, 7) is 4.21. The summed E-state index contributed by atoms with van der Waals surface area (Å²) in [5.41, 5.74) is 1.01. The second-order valence-corrected chi connectivity index (χ2v) is 5.76. The molecule has 0 atom stereocenters. The summed E-state index contributed by atoms with van der Waals surface area (Å²) >= 11 is 5.44. The first-order valence-corrected chi connectivity index (χ1v) is 6.76. The molecule has 1 heterocycles. The number of hydrogen-bond donors (Lipinski definition) is 1. The number of hydrogen-bond acceptors (Lipinski definition) is 1. The Labute approximate surface area is 118 Å². The van der Waals surface area contributed by atoms with Gasteiger partial charge in [-0.1, -0.05) is 30.3 Å². The molecule has 3 rings (SSSR count). The van der Waals surface area contributed by atoms with Crippen molar-refractivity contribution in [1.29, 1.82) is 0 Å². The Morgan fingerprint density at radius 1 is 1.05 bits per heavy atom. The van der Waals surface area contributed by atoms with Crippen molar-refractivity contribution < 1.29 is 0 Å². The molecule has 0 fully saturated rings. The molecule has 0 saturated heterocycles. The predicted octanol–water partition coefficient (Wildman–Crippen LogP) is 3.83. The lowest BCUT2D eigenvalue weighted by Crippen LogP contribution is -2.51. The van der Waals surface area contributed by atoms with Crippen LogP contribution in [-0.2, 0) is 0 Å². The number of rotatable bonds is 1. The zero-order valence-electron chi connectivity index (χ0n) is 11.1. The van der Waals surface area contributed by atoms with E-state index in [1.807, 2.05) is 11.1 Å². The molecule has 0 aromatic heterocycles. The van der Waals surface area contributed by atoms with E-state index in [1.54, 1.807) is 0 Å². The third-order valence-electron chi connectivity index (χ3n) is 3.30. The van der Waals surface area contributed by atoms with Crippen LogP contribution in [0.25, 0.3) is 10.8 Å². The van der Waals surface area contributed by atoms with Crippen molar-refractivity contribution in [2.75, 3.05) is 4.90 Å². The van der Waals surface area contributed by atoms with Crippen molar-refractivity contribution in [1.82, 2.24) is 5.32 Å². The minimum Gasteiger partial charge on any atom is -0.354 e. The van der Waals surface area contributed by atoms with Crippen molar-refractivity contribution >= 4 is 33.8 Å². The Morgan fingerprint density at radius 2 is 1.79 bits per heavy atom. The highest BCUT2D eigenvalue weighted by Crippen LogP contribution is 2.25. The lowest BCUT2D eigenvalue weighted by atomic mass is 10.0. The van der Waals surface area contributed by atoms with E-state index in [2.05, 4.69) is 67.7 Å². The summed E-state index contributed by atoms with van der Waals surface area (Å²) in [4.78, 5) is 2.01. The van der Waals surface area contributed by atoms with Gasteiger partial charge in [0.1, 0.15) is 0 Å². The van der Waals surface area contributed by atoms with Crippen molar-refractivity contribution in [3.8, 4) is 0 Å². The maximum Gasteiger partial charge on any atom is 0.178 e. The summed E-state index contributed by atoms with van der Waals surface area (Å²) in [5, 5.41) is 6.53. The molecule has 1 aliphatic heterocycles. The second kappa shape index (κ2) is 4.35. The molecule has 0 spiro atoms. The SMILES string of the molecule is CC1(C)C=CN(c2ccc3ccccc3c2)C(=S)N1. The Balaban J connectivity index is 2.03. The Bertz CT molecular complexity index is 673. The summed E-state index contributed by atoms with van der Waals surface area (Å²) in [6, 6.07) is 14.7. The Hall–Kier alpha value is -1.87. The van der Waals surface area contributed by atoms with Crippen molar-refractivity contribution in [2.24, 2.45) is 0 Å². The number of nitrogens with zero attached hydrogens (tertiary/aromatic N) is 1. The van der Waals surface area contributed by atoms with Crippen LogP contribution >= 0.6 is 12.2 Å². The van der Waals surface area contributed by atoms with E-state index in [0.717, 1.165) is 10.8 Å². The van der Waals surface area contributed by atoms with Crippen molar-refractivity contribution in [2.45, 2.75) is 19.4 Å². The number of thiocarbonyl (C=S) groups is 1. The lowest BCUT2D eigenvalue weighted by molar-refractivity contribution is 0.566. The van der Waals surface area contributed by atoms with E-state index in [-0.39, 0.29) is 5.54 Å². The number of benzene rings is 2. The van der Waals surface area contributed by atoms with Crippen LogP contribution < -0.4 is 10.2 Å². The maximum absolute atomic E-state index is 5.44. The highest BCUT2D eigenvalue weighted by Gasteiger charge is 2.23. The first kappa shape index (κ1) is 12.2. The van der Waals surface area contributed by atoms with E-state index in [0.29, 0.717) is 0 Å². The quantitative estimate of drug-likeness (QED) is 0.791. The molecular formula is C16H16N2S. The van der Waals surface area contributed by atoms with Crippen LogP contribution in [-0.4, -0.2) is 10.7 Å². The zero-order valence-corrected chi connectivity index (χ0v) is 11.9. The largest absolute Gasteiger partial charge is 0.354 e. The molecule has 0 radical (unpaired) electrons. The van der Waals surface area contributed by atoms with Gasteiger partial charge in [0.15, 0.2) is 5.11 Å². The monoisotopic (exact) mass is 268 g/mol. The highest BCUT2D eigenvalue weighted by atomic mass is 32.1. The van der Waals surface area contributed by atoms with Gasteiger partial charge < -0.3 is 5.32 Å². The molecule has 1 N–H and O–H groups in total. The standard InChI is InChI=1S/C16H16N2S/c1-16(2)9-10-18(15(19)17-16)14-8-7-12-5-3-4-6-13(12)11-14/h3-11H,1-2H3,(H,17,19). The lowest BCUT2D eigenvalue weighted by Gasteiger charge is -2.34. The van der Waals surface area contributed by atoms with Crippen LogP contribution in [0.2, 0.25) is 0 Å². The topological polar surface area (TPSA) is 15.3 Å². The first-order chi connectivity index (χ1) is 9.05. The first-order valence-electron chi connectivity index (χ1n) is 6.35. The summed E-state index contributed by atoms with van der Waals surface area (Å²) in [5.74, 6) is 0. The fraction of sp³-hybridized carbons (Fsp3) is 0.188. The van der Waals surface area contributed by atoms with Gasteiger partial charge in [-0.2, -0.15) is 0 Å². The van der Waals surface area contributed by atoms with Crippen LogP contribution in [0.5, 0.6) is 0 Å². The molecule has 0 saturated carbocycles. The molecule has 2 nitrogen and oxygen atoms in total. The van der Waals surface area contributed by atoms with E-state index < -0.39 is 0 Å². The molecule has 96 valence electrons. The van der Waals surface area contributed by atoms with Gasteiger partial charge >= 0.3 is 0 Å². The average molecular weight is 268 g/mol. The molecule has 0 amide bonds. The third kappa shape index (κ3) is 2.34. The van der Waals surface area contributed by atoms with Gasteiger partial charge in [0.25, 0.3) is 0 Å². The van der Waals surface area contributed by atoms with E-state index in [4.69, 9.17) is 12.2 Å². The maximum atomic E-state index is 5.44. The van der Waals surface area contributed by atoms with Gasteiger partial charge in [-0.25, -0.2) is 0 Å². The number of nitrogens with one attached hydrogen (secondary N) is 1. The van der Waals surface area contributed by atoms with Gasteiger partial charge in [0.2, 0.25) is 0 Å². The highest BCUT2D eigenvalue weighted by molar-refractivity contribution is 7.80. The van der Waals surface area contributed by atoms with Crippen LogP contribution in [0, 0.1) is 0 Å². The molecule has 1 aliphatic rings. The minimum absolute atomic E-state index is 0.0789. The van der Waals surface area contributed by atoms with Gasteiger partial charge in [0.05, 0.1) is 5.54 Å². The van der Waals surface area contributed by atoms with Crippen molar-refractivity contribution in [3.05, 3.63) is 54.7 Å². The van der Waals surface area contributed by atoms with Crippen LogP contribution in [0.1, 0.15) is 13.8 Å². The molecule has 19 heavy (non-hydrogen) atoms. The Morgan fingerprint density at radius 3 is 2.53 bits per heavy atom. The van der Waals surface area contributed by atoms with Gasteiger partial charge in [-0.05, 0) is 55.0 Å². The smallest absolute Gasteiger partial charge is 0.178 e. The molecule has 2 aromatic carbocycles. The molecule has 0 bridgehead atoms. The molecule has 3 heteroatoms. The average Bonchev–Trinajstić information content (AvgIpc) is 2.37. The predicted molar refractivity (Wildman–Crippen MR) is 85.4 cm³/mol. The third-order valence-corrected chi connectivity index (χ3v) is 3.60. The van der Waals surface area contributed by atoms with E-state index in [9.17, 15) is 0 Å². The van der Waals surface area contributed by atoms with E-state index in [1.165, 1.54) is 10.8 Å². The Kier molecular flexibility index (Phi) is 2.79. The normalized spacial score (nSPS) is 17.6. The van der Waals surface area contributed by atoms with Gasteiger partial charge in [0, 0.05) is 11.9 Å². The van der Waals surface area contributed by atoms with Crippen LogP contribution in [0.15, 0.2) is 54.7 Å². The fourth-order valence-electron chi connectivity index (χ4n) is 2.24. The fourth-order valence-corrected chi connectivity index (χ4v) is 2.67. The zero-order chi connectivity index (χ0) is 13.5. The summed E-state index contributed by atoms with van der Waals surface area (Å²) in [6.07, 6.45) is 4.17. The minimum atomic E-state index is -0.0789.